The lowest BCUT2D eigenvalue weighted by atomic mass is 10.2. The molecule has 0 aliphatic heterocycles. The quantitative estimate of drug-likeness (QED) is 0.834. The number of sulfonamides is 1. The van der Waals surface area contributed by atoms with Crippen molar-refractivity contribution in [1.29, 1.82) is 0 Å². The van der Waals surface area contributed by atoms with Crippen molar-refractivity contribution in [2.45, 2.75) is 6.42 Å². The molecule has 0 saturated heterocycles. The van der Waals surface area contributed by atoms with Crippen LogP contribution in [0.2, 0.25) is 5.02 Å². The zero-order valence-electron chi connectivity index (χ0n) is 10.7. The first kappa shape index (κ1) is 14.7. The highest BCUT2D eigenvalue weighted by Gasteiger charge is 2.11. The largest absolute Gasteiger partial charge is 0.397 e. The molecule has 20 heavy (non-hydrogen) atoms. The fourth-order valence-corrected chi connectivity index (χ4v) is 2.94. The molecule has 2 rings (SSSR count). The summed E-state index contributed by atoms with van der Waals surface area (Å²) >= 11 is 5.79. The van der Waals surface area contributed by atoms with Crippen molar-refractivity contribution in [1.82, 2.24) is 0 Å². The second kappa shape index (κ2) is 6.15. The first-order chi connectivity index (χ1) is 9.46. The number of benzene rings is 2. The molecular formula is C14H15ClN2O2S. The van der Waals surface area contributed by atoms with Crippen molar-refractivity contribution in [3.63, 3.8) is 0 Å². The van der Waals surface area contributed by atoms with E-state index >= 15 is 0 Å². The van der Waals surface area contributed by atoms with E-state index in [9.17, 15) is 8.42 Å². The van der Waals surface area contributed by atoms with Crippen LogP contribution in [0.25, 0.3) is 0 Å². The Morgan fingerprint density at radius 2 is 1.80 bits per heavy atom. The molecule has 4 nitrogen and oxygen atoms in total. The van der Waals surface area contributed by atoms with E-state index in [-0.39, 0.29) is 5.75 Å². The number of nitrogens with two attached hydrogens (primary N) is 1. The predicted octanol–water partition coefficient (Wildman–Crippen LogP) is 2.91. The van der Waals surface area contributed by atoms with E-state index < -0.39 is 10.0 Å². The second-order valence-corrected chi connectivity index (χ2v) is 6.64. The van der Waals surface area contributed by atoms with Gasteiger partial charge in [-0.1, -0.05) is 41.9 Å². The SMILES string of the molecule is Nc1cc(NS(=O)(=O)CCc2ccccc2)ccc1Cl. The van der Waals surface area contributed by atoms with E-state index in [0.29, 0.717) is 22.8 Å². The maximum atomic E-state index is 12.0. The Hall–Kier alpha value is -1.72. The second-order valence-electron chi connectivity index (χ2n) is 4.39. The summed E-state index contributed by atoms with van der Waals surface area (Å²) in [5.74, 6) is 0.0134. The molecule has 0 amide bonds. The normalized spacial score (nSPS) is 11.2. The Bertz CT molecular complexity index is 688. The Morgan fingerprint density at radius 3 is 2.45 bits per heavy atom. The van der Waals surface area contributed by atoms with Gasteiger partial charge in [-0.15, -0.1) is 0 Å². The number of rotatable bonds is 5. The van der Waals surface area contributed by atoms with Crippen LogP contribution in [-0.4, -0.2) is 14.2 Å². The van der Waals surface area contributed by atoms with Crippen LogP contribution in [0, 0.1) is 0 Å². The molecule has 0 aliphatic carbocycles. The topological polar surface area (TPSA) is 72.2 Å². The Kier molecular flexibility index (Phi) is 4.52. The van der Waals surface area contributed by atoms with E-state index in [1.54, 1.807) is 12.1 Å². The predicted molar refractivity (Wildman–Crippen MR) is 83.4 cm³/mol. The van der Waals surface area contributed by atoms with Gasteiger partial charge in [0.2, 0.25) is 10.0 Å². The molecule has 0 unspecified atom stereocenters. The summed E-state index contributed by atoms with van der Waals surface area (Å²) < 4.78 is 26.5. The summed E-state index contributed by atoms with van der Waals surface area (Å²) in [6.45, 7) is 0. The van der Waals surface area contributed by atoms with Gasteiger partial charge in [-0.25, -0.2) is 8.42 Å². The molecule has 0 aromatic heterocycles. The van der Waals surface area contributed by atoms with E-state index in [4.69, 9.17) is 17.3 Å². The van der Waals surface area contributed by atoms with Gasteiger partial charge in [-0.3, -0.25) is 4.72 Å². The van der Waals surface area contributed by atoms with Gasteiger partial charge >= 0.3 is 0 Å². The van der Waals surface area contributed by atoms with Crippen molar-refractivity contribution in [2.24, 2.45) is 0 Å². The van der Waals surface area contributed by atoms with Crippen LogP contribution in [-0.2, 0) is 16.4 Å². The molecule has 0 aliphatic rings. The van der Waals surface area contributed by atoms with Crippen molar-refractivity contribution in [2.75, 3.05) is 16.2 Å². The minimum Gasteiger partial charge on any atom is -0.397 e. The lowest BCUT2D eigenvalue weighted by Crippen LogP contribution is -2.18. The van der Waals surface area contributed by atoms with E-state index in [0.717, 1.165) is 5.56 Å². The fraction of sp³-hybridized carbons (Fsp3) is 0.143. The summed E-state index contributed by atoms with van der Waals surface area (Å²) in [4.78, 5) is 0. The van der Waals surface area contributed by atoms with Gasteiger partial charge in [0.05, 0.1) is 22.2 Å². The highest BCUT2D eigenvalue weighted by Crippen LogP contribution is 2.23. The zero-order chi connectivity index (χ0) is 14.6. The third kappa shape index (κ3) is 4.15. The van der Waals surface area contributed by atoms with Crippen LogP contribution < -0.4 is 10.5 Å². The average Bonchev–Trinajstić information content (AvgIpc) is 2.42. The molecule has 106 valence electrons. The van der Waals surface area contributed by atoms with Gasteiger partial charge in [0, 0.05) is 0 Å². The Balaban J connectivity index is 2.02. The molecule has 0 heterocycles. The van der Waals surface area contributed by atoms with Crippen LogP contribution in [0.15, 0.2) is 48.5 Å². The number of halogens is 1. The minimum absolute atomic E-state index is 0.0134. The van der Waals surface area contributed by atoms with Crippen molar-refractivity contribution >= 4 is 33.0 Å². The average molecular weight is 311 g/mol. The maximum absolute atomic E-state index is 12.0. The Morgan fingerprint density at radius 1 is 1.10 bits per heavy atom. The lowest BCUT2D eigenvalue weighted by molar-refractivity contribution is 0.600. The van der Waals surface area contributed by atoms with E-state index in [1.165, 1.54) is 6.07 Å². The number of nitrogens with one attached hydrogen (secondary N) is 1. The number of hydrogen-bond donors (Lipinski definition) is 2. The van der Waals surface area contributed by atoms with E-state index in [1.807, 2.05) is 30.3 Å². The summed E-state index contributed by atoms with van der Waals surface area (Å²) in [6, 6.07) is 14.1. The molecule has 0 spiro atoms. The van der Waals surface area contributed by atoms with Crippen molar-refractivity contribution < 1.29 is 8.42 Å². The molecule has 0 bridgehead atoms. The standard InChI is InChI=1S/C14H15ClN2O2S/c15-13-7-6-12(10-14(13)16)17-20(18,19)9-8-11-4-2-1-3-5-11/h1-7,10,17H,8-9,16H2. The molecule has 2 aromatic rings. The summed E-state index contributed by atoms with van der Waals surface area (Å²) in [6.07, 6.45) is 0.458. The third-order valence-electron chi connectivity index (χ3n) is 2.77. The highest BCUT2D eigenvalue weighted by molar-refractivity contribution is 7.92. The van der Waals surface area contributed by atoms with E-state index in [2.05, 4.69) is 4.72 Å². The molecule has 6 heteroatoms. The smallest absolute Gasteiger partial charge is 0.233 e. The van der Waals surface area contributed by atoms with Gasteiger partial charge in [0.25, 0.3) is 0 Å². The summed E-state index contributed by atoms with van der Waals surface area (Å²) in [5.41, 5.74) is 7.38. The number of aryl methyl sites for hydroxylation is 1. The zero-order valence-corrected chi connectivity index (χ0v) is 12.3. The number of anilines is 2. The molecule has 0 radical (unpaired) electrons. The molecule has 0 atom stereocenters. The third-order valence-corrected chi connectivity index (χ3v) is 4.40. The van der Waals surface area contributed by atoms with Gasteiger partial charge in [0.15, 0.2) is 0 Å². The number of nitrogen functional groups attached to an aromatic ring is 1. The molecule has 0 saturated carbocycles. The molecule has 2 aromatic carbocycles. The van der Waals surface area contributed by atoms with Crippen LogP contribution in [0.3, 0.4) is 0 Å². The molecular weight excluding hydrogens is 296 g/mol. The van der Waals surface area contributed by atoms with Gasteiger partial charge < -0.3 is 5.73 Å². The molecule has 3 N–H and O–H groups in total. The van der Waals surface area contributed by atoms with Gasteiger partial charge in [-0.2, -0.15) is 0 Å². The fourth-order valence-electron chi connectivity index (χ4n) is 1.73. The highest BCUT2D eigenvalue weighted by atomic mass is 35.5. The summed E-state index contributed by atoms with van der Waals surface area (Å²) in [7, 11) is -3.41. The first-order valence-electron chi connectivity index (χ1n) is 6.06. The van der Waals surface area contributed by atoms with Crippen LogP contribution >= 0.6 is 11.6 Å². The number of hydrogen-bond acceptors (Lipinski definition) is 3. The first-order valence-corrected chi connectivity index (χ1v) is 8.09. The van der Waals surface area contributed by atoms with Crippen molar-refractivity contribution in [3.8, 4) is 0 Å². The lowest BCUT2D eigenvalue weighted by Gasteiger charge is -2.09. The van der Waals surface area contributed by atoms with Crippen LogP contribution in [0.1, 0.15) is 5.56 Å². The minimum atomic E-state index is -3.41. The summed E-state index contributed by atoms with van der Waals surface area (Å²) in [5, 5.41) is 0.400. The van der Waals surface area contributed by atoms with Crippen molar-refractivity contribution in [3.05, 3.63) is 59.1 Å². The Labute approximate surface area is 123 Å². The molecule has 0 fully saturated rings. The maximum Gasteiger partial charge on any atom is 0.233 e. The van der Waals surface area contributed by atoms with Gasteiger partial charge in [-0.05, 0) is 30.2 Å². The van der Waals surface area contributed by atoms with Crippen LogP contribution in [0.5, 0.6) is 0 Å². The van der Waals surface area contributed by atoms with Gasteiger partial charge in [0.1, 0.15) is 0 Å². The monoisotopic (exact) mass is 310 g/mol. The van der Waals surface area contributed by atoms with Crippen LogP contribution in [0.4, 0.5) is 11.4 Å².